The molecule has 0 unspecified atom stereocenters. The smallest absolute Gasteiger partial charge is 0.279 e. The number of benzene rings is 2. The third-order valence-electron chi connectivity index (χ3n) is 5.93. The molecule has 0 radical (unpaired) electrons. The minimum Gasteiger partial charge on any atom is -0.463 e. The van der Waals surface area contributed by atoms with E-state index in [0.29, 0.717) is 6.54 Å². The molecule has 6 nitrogen and oxygen atoms in total. The Kier molecular flexibility index (Phi) is 7.02. The van der Waals surface area contributed by atoms with Crippen LogP contribution in [0.1, 0.15) is 24.3 Å². The Morgan fingerprint density at radius 3 is 2.48 bits per heavy atom. The van der Waals surface area contributed by atoms with Crippen molar-refractivity contribution in [1.29, 1.82) is 0 Å². The molecular formula is C25H32N4O2+2. The molecular weight excluding hydrogens is 388 g/mol. The maximum atomic E-state index is 12.3. The second-order valence-electron chi connectivity index (χ2n) is 8.24. The van der Waals surface area contributed by atoms with Crippen molar-refractivity contribution >= 4 is 17.3 Å². The van der Waals surface area contributed by atoms with E-state index >= 15 is 0 Å². The molecule has 0 spiro atoms. The number of furan rings is 1. The van der Waals surface area contributed by atoms with E-state index in [9.17, 15) is 4.79 Å². The van der Waals surface area contributed by atoms with Gasteiger partial charge in [0.1, 0.15) is 12.6 Å². The topological polar surface area (TPSA) is 66.5 Å². The summed E-state index contributed by atoms with van der Waals surface area (Å²) in [6, 6.07) is 22.8. The van der Waals surface area contributed by atoms with E-state index in [2.05, 4.69) is 52.7 Å². The van der Waals surface area contributed by atoms with E-state index in [1.54, 1.807) is 11.2 Å². The molecule has 162 valence electrons. The van der Waals surface area contributed by atoms with Gasteiger partial charge in [-0.25, -0.2) is 0 Å². The second kappa shape index (κ2) is 10.3. The average molecular weight is 421 g/mol. The highest BCUT2D eigenvalue weighted by atomic mass is 16.3. The highest BCUT2D eigenvalue weighted by molar-refractivity contribution is 5.91. The minimum atomic E-state index is -0.00992. The van der Waals surface area contributed by atoms with E-state index in [1.807, 2.05) is 36.5 Å². The summed E-state index contributed by atoms with van der Waals surface area (Å²) in [5.74, 6) is 0.868. The first-order valence-corrected chi connectivity index (χ1v) is 11.1. The predicted molar refractivity (Wildman–Crippen MR) is 122 cm³/mol. The van der Waals surface area contributed by atoms with Gasteiger partial charge in [0.05, 0.1) is 32.4 Å². The lowest BCUT2D eigenvalue weighted by Crippen LogP contribution is -3.13. The molecule has 1 saturated heterocycles. The highest BCUT2D eigenvalue weighted by Gasteiger charge is 2.20. The van der Waals surface area contributed by atoms with Crippen LogP contribution in [-0.4, -0.2) is 38.6 Å². The molecule has 6 heteroatoms. The molecule has 4 rings (SSSR count). The Hall–Kier alpha value is -3.09. The number of carbonyl (C=O) groups is 1. The van der Waals surface area contributed by atoms with E-state index < -0.39 is 0 Å². The van der Waals surface area contributed by atoms with Crippen molar-refractivity contribution in [2.24, 2.45) is 0 Å². The van der Waals surface area contributed by atoms with E-state index in [-0.39, 0.29) is 11.9 Å². The number of nitrogens with zero attached hydrogens (tertiary/aromatic N) is 1. The van der Waals surface area contributed by atoms with Gasteiger partial charge in [-0.05, 0) is 43.3 Å². The van der Waals surface area contributed by atoms with Gasteiger partial charge in [0, 0.05) is 16.9 Å². The molecule has 1 atom stereocenters. The second-order valence-corrected chi connectivity index (χ2v) is 8.24. The molecule has 4 N–H and O–H groups in total. The summed E-state index contributed by atoms with van der Waals surface area (Å²) < 4.78 is 5.38. The van der Waals surface area contributed by atoms with Crippen LogP contribution in [0, 0.1) is 0 Å². The van der Waals surface area contributed by atoms with Crippen LogP contribution in [0.2, 0.25) is 0 Å². The van der Waals surface area contributed by atoms with Crippen molar-refractivity contribution in [3.8, 4) is 0 Å². The summed E-state index contributed by atoms with van der Waals surface area (Å²) >= 11 is 0. The van der Waals surface area contributed by atoms with Crippen molar-refractivity contribution in [3.05, 3.63) is 84.3 Å². The molecule has 2 heterocycles. The number of carbonyl (C=O) groups excluding carboxylic acids is 1. The van der Waals surface area contributed by atoms with Crippen LogP contribution < -0.4 is 20.4 Å². The Labute approximate surface area is 183 Å². The fraction of sp³-hybridized carbons (Fsp3) is 0.320. The van der Waals surface area contributed by atoms with Crippen LogP contribution in [-0.2, 0) is 11.3 Å². The molecule has 1 fully saturated rings. The van der Waals surface area contributed by atoms with Gasteiger partial charge >= 0.3 is 0 Å². The van der Waals surface area contributed by atoms with Gasteiger partial charge in [0.25, 0.3) is 5.91 Å². The van der Waals surface area contributed by atoms with E-state index in [0.717, 1.165) is 44.2 Å². The number of piperazine rings is 1. The van der Waals surface area contributed by atoms with Gasteiger partial charge in [0.2, 0.25) is 0 Å². The fourth-order valence-electron chi connectivity index (χ4n) is 4.06. The number of quaternary nitrogens is 2. The average Bonchev–Trinajstić information content (AvgIpc) is 3.35. The maximum absolute atomic E-state index is 12.3. The third-order valence-corrected chi connectivity index (χ3v) is 5.93. The zero-order valence-corrected chi connectivity index (χ0v) is 18.1. The molecule has 31 heavy (non-hydrogen) atoms. The minimum absolute atomic E-state index is 0.00992. The zero-order chi connectivity index (χ0) is 21.5. The Bertz CT molecular complexity index is 933. The fourth-order valence-corrected chi connectivity index (χ4v) is 4.06. The van der Waals surface area contributed by atoms with Crippen molar-refractivity contribution in [2.75, 3.05) is 42.9 Å². The first-order valence-electron chi connectivity index (χ1n) is 11.1. The number of nitrogens with two attached hydrogens (primary N) is 1. The van der Waals surface area contributed by atoms with E-state index in [1.165, 1.54) is 11.3 Å². The van der Waals surface area contributed by atoms with Gasteiger partial charge in [0.15, 0.2) is 12.3 Å². The predicted octanol–water partition coefficient (Wildman–Crippen LogP) is 1.45. The van der Waals surface area contributed by atoms with Gasteiger partial charge < -0.3 is 24.9 Å². The van der Waals surface area contributed by atoms with Crippen molar-refractivity contribution in [3.63, 3.8) is 0 Å². The summed E-state index contributed by atoms with van der Waals surface area (Å²) in [6.45, 7) is 7.85. The lowest BCUT2D eigenvalue weighted by atomic mass is 10.2. The summed E-state index contributed by atoms with van der Waals surface area (Å²) in [6.07, 6.45) is 1.66. The Balaban J connectivity index is 1.21. The SMILES string of the molecule is C[C@H]([NH2+]CC(=O)Nc1ccc(N2CC[NH+](Cc3ccccc3)CC2)cc1)c1ccco1. The normalized spacial score (nSPS) is 15.6. The molecule has 0 aliphatic carbocycles. The Morgan fingerprint density at radius 2 is 1.81 bits per heavy atom. The molecule has 3 aromatic rings. The van der Waals surface area contributed by atoms with Gasteiger partial charge in [-0.2, -0.15) is 0 Å². The summed E-state index contributed by atoms with van der Waals surface area (Å²) in [5, 5.41) is 4.96. The molecule has 1 aliphatic heterocycles. The summed E-state index contributed by atoms with van der Waals surface area (Å²) in [4.78, 5) is 16.3. The van der Waals surface area contributed by atoms with Crippen molar-refractivity contribution in [2.45, 2.75) is 19.5 Å². The highest BCUT2D eigenvalue weighted by Crippen LogP contribution is 2.18. The molecule has 1 aliphatic rings. The summed E-state index contributed by atoms with van der Waals surface area (Å²) in [7, 11) is 0. The number of hydrogen-bond donors (Lipinski definition) is 3. The Morgan fingerprint density at radius 1 is 1.06 bits per heavy atom. The first kappa shape index (κ1) is 21.2. The maximum Gasteiger partial charge on any atom is 0.279 e. The molecule has 0 saturated carbocycles. The van der Waals surface area contributed by atoms with Crippen LogP contribution in [0.3, 0.4) is 0 Å². The first-order chi connectivity index (χ1) is 15.2. The number of anilines is 2. The number of hydrogen-bond acceptors (Lipinski definition) is 3. The summed E-state index contributed by atoms with van der Waals surface area (Å²) in [5.41, 5.74) is 3.46. The number of rotatable bonds is 8. The number of amides is 1. The number of nitrogens with one attached hydrogen (secondary N) is 2. The van der Waals surface area contributed by atoms with Crippen LogP contribution in [0.4, 0.5) is 11.4 Å². The van der Waals surface area contributed by atoms with E-state index in [4.69, 9.17) is 4.42 Å². The largest absolute Gasteiger partial charge is 0.463 e. The molecule has 2 aromatic carbocycles. The third kappa shape index (κ3) is 5.96. The lowest BCUT2D eigenvalue weighted by molar-refractivity contribution is -0.914. The van der Waals surface area contributed by atoms with Crippen molar-refractivity contribution < 1.29 is 19.4 Å². The zero-order valence-electron chi connectivity index (χ0n) is 18.1. The molecule has 0 bridgehead atoms. The molecule has 1 amide bonds. The van der Waals surface area contributed by atoms with Gasteiger partial charge in [-0.15, -0.1) is 0 Å². The lowest BCUT2D eigenvalue weighted by Gasteiger charge is -2.33. The van der Waals surface area contributed by atoms with Crippen molar-refractivity contribution in [1.82, 2.24) is 0 Å². The quantitative estimate of drug-likeness (QED) is 0.517. The van der Waals surface area contributed by atoms with Gasteiger partial charge in [-0.1, -0.05) is 30.3 Å². The standard InChI is InChI=1S/C25H30N4O2/c1-20(24-8-5-17-31-24)26-18-25(30)27-22-9-11-23(12-10-22)29-15-13-28(14-16-29)19-21-6-3-2-4-7-21/h2-12,17,20,26H,13-16,18-19H2,1H3,(H,27,30)/p+2/t20-/m0/s1. The van der Waals surface area contributed by atoms with Crippen LogP contribution in [0.25, 0.3) is 0 Å². The van der Waals surface area contributed by atoms with Crippen LogP contribution >= 0.6 is 0 Å². The monoisotopic (exact) mass is 420 g/mol. The van der Waals surface area contributed by atoms with Crippen LogP contribution in [0.5, 0.6) is 0 Å². The van der Waals surface area contributed by atoms with Crippen LogP contribution in [0.15, 0.2) is 77.4 Å². The molecule has 1 aromatic heterocycles. The van der Waals surface area contributed by atoms with Gasteiger partial charge in [-0.3, -0.25) is 4.79 Å².